The molecule has 1 nitrogen and oxygen atoms in total. The first-order chi connectivity index (χ1) is 3.72. The van der Waals surface area contributed by atoms with Gasteiger partial charge in [-0.3, -0.25) is 0 Å². The number of hydrogen-bond acceptors (Lipinski definition) is 1. The second-order valence-electron chi connectivity index (χ2n) is 1.43. The zero-order valence-electron chi connectivity index (χ0n) is 5.15. The van der Waals surface area contributed by atoms with Crippen LogP contribution in [-0.2, 0) is 0 Å². The van der Waals surface area contributed by atoms with Crippen molar-refractivity contribution in [2.45, 2.75) is 13.8 Å². The van der Waals surface area contributed by atoms with Gasteiger partial charge >= 0.3 is 0 Å². The number of nitrogens with zero attached hydrogens (tertiary/aromatic N) is 1. The quantitative estimate of drug-likeness (QED) is 0.377. The summed E-state index contributed by atoms with van der Waals surface area (Å²) in [5.41, 5.74) is 0. The van der Waals surface area contributed by atoms with Crippen LogP contribution >= 0.6 is 28.1 Å². The maximum atomic E-state index is 4.86. The molecular formula is C5H10BrNS. The molecular weight excluding hydrogens is 186 g/mol. The summed E-state index contributed by atoms with van der Waals surface area (Å²) in [6.45, 7) is 6.13. The topological polar surface area (TPSA) is 3.24 Å². The van der Waals surface area contributed by atoms with E-state index in [4.69, 9.17) is 12.2 Å². The van der Waals surface area contributed by atoms with Crippen molar-refractivity contribution in [3.8, 4) is 0 Å². The zero-order valence-corrected chi connectivity index (χ0v) is 7.55. The molecule has 0 amide bonds. The lowest BCUT2D eigenvalue weighted by molar-refractivity contribution is 0.483. The van der Waals surface area contributed by atoms with Crippen LogP contribution in [0.25, 0.3) is 0 Å². The van der Waals surface area contributed by atoms with E-state index in [0.717, 1.165) is 17.0 Å². The van der Waals surface area contributed by atoms with Crippen molar-refractivity contribution < 1.29 is 0 Å². The number of thiocarbonyl (C=S) groups is 1. The van der Waals surface area contributed by atoms with Gasteiger partial charge in [0.2, 0.25) is 0 Å². The monoisotopic (exact) mass is 195 g/mol. The summed E-state index contributed by atoms with van der Waals surface area (Å²) in [5.74, 6) is 0. The minimum absolute atomic E-state index is 0.808. The van der Waals surface area contributed by atoms with Crippen LogP contribution in [0.15, 0.2) is 0 Å². The van der Waals surface area contributed by atoms with Crippen molar-refractivity contribution >= 4 is 32.0 Å². The molecule has 0 radical (unpaired) electrons. The fraction of sp³-hybridized carbons (Fsp3) is 0.800. The molecule has 0 aromatic rings. The van der Waals surface area contributed by atoms with Crippen LogP contribution < -0.4 is 0 Å². The predicted octanol–water partition coefficient (Wildman–Crippen LogP) is 2.01. The van der Waals surface area contributed by atoms with E-state index in [1.807, 2.05) is 0 Å². The second kappa shape index (κ2) is 4.27. The average molecular weight is 196 g/mol. The Balaban J connectivity index is 3.52. The van der Waals surface area contributed by atoms with E-state index in [1.165, 1.54) is 0 Å². The minimum atomic E-state index is 0.808. The lowest BCUT2D eigenvalue weighted by atomic mass is 10.6. The maximum absolute atomic E-state index is 4.86. The summed E-state index contributed by atoms with van der Waals surface area (Å²) in [6.07, 6.45) is 0. The number of rotatable bonds is 2. The molecule has 8 heavy (non-hydrogen) atoms. The van der Waals surface area contributed by atoms with Gasteiger partial charge in [0.15, 0.2) is 0 Å². The summed E-state index contributed by atoms with van der Waals surface area (Å²) in [6, 6.07) is 0. The van der Waals surface area contributed by atoms with Gasteiger partial charge in [0.25, 0.3) is 0 Å². The third kappa shape index (κ3) is 2.62. The zero-order chi connectivity index (χ0) is 6.57. The van der Waals surface area contributed by atoms with Crippen molar-refractivity contribution in [1.29, 1.82) is 0 Å². The molecule has 0 fully saturated rings. The summed E-state index contributed by atoms with van der Waals surface area (Å²) in [7, 11) is 0. The smallest absolute Gasteiger partial charge is 0.145 e. The van der Waals surface area contributed by atoms with Crippen LogP contribution in [0.3, 0.4) is 0 Å². The minimum Gasteiger partial charge on any atom is -0.358 e. The van der Waals surface area contributed by atoms with Gasteiger partial charge in [0.05, 0.1) is 0 Å². The molecule has 0 heterocycles. The van der Waals surface area contributed by atoms with Crippen molar-refractivity contribution in [3.63, 3.8) is 0 Å². The highest BCUT2D eigenvalue weighted by molar-refractivity contribution is 9.20. The Labute approximate surface area is 64.2 Å². The van der Waals surface area contributed by atoms with Gasteiger partial charge in [0.1, 0.15) is 3.90 Å². The standard InChI is InChI=1S/C5H10BrNS/c1-3-7(4-2)5(6)8/h3-4H2,1-2H3. The van der Waals surface area contributed by atoms with Crippen LogP contribution in [0.1, 0.15) is 13.8 Å². The van der Waals surface area contributed by atoms with E-state index in [2.05, 4.69) is 34.7 Å². The summed E-state index contributed by atoms with van der Waals surface area (Å²) >= 11 is 8.08. The van der Waals surface area contributed by atoms with Crippen LogP contribution in [0.4, 0.5) is 0 Å². The first-order valence-corrected chi connectivity index (χ1v) is 3.86. The summed E-state index contributed by atoms with van der Waals surface area (Å²) < 4.78 is 0.808. The predicted molar refractivity (Wildman–Crippen MR) is 44.4 cm³/mol. The molecule has 0 aliphatic heterocycles. The normalized spacial score (nSPS) is 8.88. The number of hydrogen-bond donors (Lipinski definition) is 0. The first kappa shape index (κ1) is 8.37. The van der Waals surface area contributed by atoms with Crippen LogP contribution in [0.5, 0.6) is 0 Å². The third-order valence-corrected chi connectivity index (χ3v) is 1.77. The van der Waals surface area contributed by atoms with Gasteiger partial charge in [-0.15, -0.1) is 0 Å². The van der Waals surface area contributed by atoms with Gasteiger partial charge in [-0.2, -0.15) is 0 Å². The Morgan fingerprint density at radius 2 is 1.88 bits per heavy atom. The Bertz CT molecular complexity index is 80.5. The average Bonchev–Trinajstić information content (AvgIpc) is 1.69. The number of halogens is 1. The SMILES string of the molecule is CCN(CC)C(=S)Br. The van der Waals surface area contributed by atoms with Crippen molar-refractivity contribution in [1.82, 2.24) is 4.90 Å². The Morgan fingerprint density at radius 1 is 1.50 bits per heavy atom. The van der Waals surface area contributed by atoms with E-state index in [0.29, 0.717) is 0 Å². The molecule has 0 saturated heterocycles. The third-order valence-electron chi connectivity index (χ3n) is 1.01. The van der Waals surface area contributed by atoms with E-state index < -0.39 is 0 Å². The van der Waals surface area contributed by atoms with Gasteiger partial charge < -0.3 is 4.90 Å². The lowest BCUT2D eigenvalue weighted by Gasteiger charge is -2.16. The maximum Gasteiger partial charge on any atom is 0.145 e. The summed E-state index contributed by atoms with van der Waals surface area (Å²) in [5, 5.41) is 0. The summed E-state index contributed by atoms with van der Waals surface area (Å²) in [4.78, 5) is 2.06. The molecule has 0 rings (SSSR count). The van der Waals surface area contributed by atoms with Gasteiger partial charge in [-0.25, -0.2) is 0 Å². The van der Waals surface area contributed by atoms with Crippen molar-refractivity contribution in [3.05, 3.63) is 0 Å². The van der Waals surface area contributed by atoms with E-state index in [-0.39, 0.29) is 0 Å². The van der Waals surface area contributed by atoms with Gasteiger partial charge in [-0.05, 0) is 29.8 Å². The van der Waals surface area contributed by atoms with E-state index in [9.17, 15) is 0 Å². The molecule has 0 aliphatic carbocycles. The second-order valence-corrected chi connectivity index (χ2v) is 3.09. The Morgan fingerprint density at radius 3 is 1.88 bits per heavy atom. The molecule has 0 bridgehead atoms. The van der Waals surface area contributed by atoms with Crippen LogP contribution in [0, 0.1) is 0 Å². The highest BCUT2D eigenvalue weighted by atomic mass is 79.9. The molecule has 0 spiro atoms. The molecule has 0 unspecified atom stereocenters. The Kier molecular flexibility index (Phi) is 4.47. The largest absolute Gasteiger partial charge is 0.358 e. The highest BCUT2D eigenvalue weighted by Gasteiger charge is 1.97. The molecule has 0 saturated carbocycles. The Hall–Kier alpha value is 0.370. The van der Waals surface area contributed by atoms with Crippen LogP contribution in [-0.4, -0.2) is 21.9 Å². The van der Waals surface area contributed by atoms with Crippen molar-refractivity contribution in [2.75, 3.05) is 13.1 Å². The van der Waals surface area contributed by atoms with E-state index >= 15 is 0 Å². The molecule has 0 aromatic heterocycles. The van der Waals surface area contributed by atoms with Gasteiger partial charge in [0, 0.05) is 13.1 Å². The fourth-order valence-corrected chi connectivity index (χ4v) is 1.23. The molecule has 48 valence electrons. The molecule has 0 atom stereocenters. The van der Waals surface area contributed by atoms with Crippen LogP contribution in [0.2, 0.25) is 0 Å². The molecule has 0 aromatic carbocycles. The molecule has 3 heteroatoms. The van der Waals surface area contributed by atoms with Gasteiger partial charge in [-0.1, -0.05) is 12.2 Å². The fourth-order valence-electron chi connectivity index (χ4n) is 0.472. The first-order valence-electron chi connectivity index (χ1n) is 2.66. The molecule has 0 aliphatic rings. The highest BCUT2D eigenvalue weighted by Crippen LogP contribution is 1.96. The van der Waals surface area contributed by atoms with E-state index in [1.54, 1.807) is 0 Å². The lowest BCUT2D eigenvalue weighted by Crippen LogP contribution is -2.24. The molecule has 0 N–H and O–H groups in total. The van der Waals surface area contributed by atoms with Crippen molar-refractivity contribution in [2.24, 2.45) is 0 Å².